The first-order valence-corrected chi connectivity index (χ1v) is 6.79. The highest BCUT2D eigenvalue weighted by Gasteiger charge is 2.19. The summed E-state index contributed by atoms with van der Waals surface area (Å²) in [4.78, 5) is 10.9. The lowest BCUT2D eigenvalue weighted by Gasteiger charge is -2.10. The van der Waals surface area contributed by atoms with Gasteiger partial charge in [0.2, 0.25) is 0 Å². The second-order valence-electron chi connectivity index (χ2n) is 4.67. The van der Waals surface area contributed by atoms with Gasteiger partial charge in [-0.25, -0.2) is 0 Å². The summed E-state index contributed by atoms with van der Waals surface area (Å²) in [6.45, 7) is 4.86. The van der Waals surface area contributed by atoms with Crippen LogP contribution in [0, 0.1) is 17.0 Å². The van der Waals surface area contributed by atoms with Crippen molar-refractivity contribution in [1.82, 2.24) is 5.16 Å². The monoisotopic (exact) mass is 290 g/mol. The van der Waals surface area contributed by atoms with E-state index in [1.165, 1.54) is 0 Å². The molecule has 112 valence electrons. The van der Waals surface area contributed by atoms with Crippen LogP contribution in [0.2, 0.25) is 0 Å². The first-order valence-electron chi connectivity index (χ1n) is 6.79. The largest absolute Gasteiger partial charge is 0.379 e. The molecule has 0 fully saturated rings. The number of aromatic nitrogens is 1. The number of rotatable bonds is 7. The molecule has 0 saturated carbocycles. The van der Waals surface area contributed by atoms with E-state index in [0.29, 0.717) is 30.2 Å². The van der Waals surface area contributed by atoms with Crippen LogP contribution in [0.3, 0.4) is 0 Å². The highest BCUT2D eigenvalue weighted by molar-refractivity contribution is 5.76. The Balaban J connectivity index is 2.19. The van der Waals surface area contributed by atoms with E-state index in [1.54, 1.807) is 24.3 Å². The van der Waals surface area contributed by atoms with Crippen molar-refractivity contribution in [1.29, 1.82) is 0 Å². The Morgan fingerprint density at radius 3 is 2.62 bits per heavy atom. The smallest absolute Gasteiger partial charge is 0.315 e. The minimum atomic E-state index is -0.383. The quantitative estimate of drug-likeness (QED) is 0.600. The van der Waals surface area contributed by atoms with Gasteiger partial charge >= 0.3 is 5.69 Å². The highest BCUT2D eigenvalue weighted by Crippen LogP contribution is 2.33. The van der Waals surface area contributed by atoms with E-state index in [-0.39, 0.29) is 10.6 Å². The van der Waals surface area contributed by atoms with Crippen molar-refractivity contribution in [2.75, 3.05) is 17.2 Å². The molecule has 2 rings (SSSR count). The summed E-state index contributed by atoms with van der Waals surface area (Å²) < 4.78 is 5.08. The molecule has 0 atom stereocenters. The topological polar surface area (TPSA) is 93.2 Å². The van der Waals surface area contributed by atoms with Crippen LogP contribution in [0.25, 0.3) is 0 Å². The number of hydrogen-bond donors (Lipinski definition) is 2. The molecule has 1 aromatic heterocycles. The zero-order valence-electron chi connectivity index (χ0n) is 12.0. The molecule has 21 heavy (non-hydrogen) atoms. The summed E-state index contributed by atoms with van der Waals surface area (Å²) in [5, 5.41) is 21.2. The number of hydrogen-bond acceptors (Lipinski definition) is 6. The maximum absolute atomic E-state index is 11.3. The van der Waals surface area contributed by atoms with Crippen LogP contribution in [0.1, 0.15) is 24.8 Å². The lowest BCUT2D eigenvalue weighted by Crippen LogP contribution is -2.07. The van der Waals surface area contributed by atoms with Crippen LogP contribution in [0.15, 0.2) is 28.8 Å². The molecule has 2 aromatic rings. The molecule has 0 amide bonds. The summed E-state index contributed by atoms with van der Waals surface area (Å²) in [7, 11) is 0. The van der Waals surface area contributed by atoms with Crippen molar-refractivity contribution in [3.8, 4) is 0 Å². The van der Waals surface area contributed by atoms with Gasteiger partial charge in [0, 0.05) is 12.6 Å². The molecule has 0 saturated heterocycles. The van der Waals surface area contributed by atoms with Crippen molar-refractivity contribution in [2.45, 2.75) is 26.8 Å². The van der Waals surface area contributed by atoms with Gasteiger partial charge in [-0.1, -0.05) is 18.1 Å². The van der Waals surface area contributed by atoms with E-state index in [0.717, 1.165) is 12.1 Å². The fraction of sp³-hybridized carbons (Fsp3) is 0.357. The predicted molar refractivity (Wildman–Crippen MR) is 80.4 cm³/mol. The molecular formula is C14H18N4O3. The number of nitrogens with zero attached hydrogens (tertiary/aromatic N) is 2. The van der Waals surface area contributed by atoms with E-state index in [2.05, 4.69) is 15.8 Å². The van der Waals surface area contributed by atoms with E-state index < -0.39 is 0 Å². The van der Waals surface area contributed by atoms with Gasteiger partial charge in [-0.05, 0) is 25.5 Å². The molecule has 0 spiro atoms. The van der Waals surface area contributed by atoms with Gasteiger partial charge in [-0.15, -0.1) is 0 Å². The molecule has 2 N–H and O–H groups in total. The summed E-state index contributed by atoms with van der Waals surface area (Å²) in [6, 6.07) is 6.95. The maximum atomic E-state index is 11.3. The number of anilines is 2. The average molecular weight is 290 g/mol. The number of nitro groups is 1. The zero-order valence-corrected chi connectivity index (χ0v) is 12.0. The molecular weight excluding hydrogens is 272 g/mol. The Kier molecular flexibility index (Phi) is 4.76. The third kappa shape index (κ3) is 3.71. The standard InChI is InChI=1S/C14H18N4O3/c1-3-7-15-12-5-4-6-13(14(12)18(19)20)16-9-11-8-10(2)17-21-11/h4-6,8,15-16H,3,7,9H2,1-2H3. The van der Waals surface area contributed by atoms with Gasteiger partial charge in [-0.3, -0.25) is 10.1 Å². The molecule has 0 bridgehead atoms. The highest BCUT2D eigenvalue weighted by atomic mass is 16.6. The zero-order chi connectivity index (χ0) is 15.2. The van der Waals surface area contributed by atoms with Crippen LogP contribution in [-0.2, 0) is 6.54 Å². The normalized spacial score (nSPS) is 10.4. The lowest BCUT2D eigenvalue weighted by molar-refractivity contribution is -0.383. The molecule has 7 heteroatoms. The number of para-hydroxylation sites is 1. The Morgan fingerprint density at radius 1 is 1.33 bits per heavy atom. The Labute approximate surface area is 122 Å². The van der Waals surface area contributed by atoms with Gasteiger partial charge < -0.3 is 15.2 Å². The molecule has 0 aliphatic carbocycles. The molecule has 1 aromatic carbocycles. The van der Waals surface area contributed by atoms with Crippen LogP contribution in [0.5, 0.6) is 0 Å². The second kappa shape index (κ2) is 6.74. The van der Waals surface area contributed by atoms with Crippen molar-refractivity contribution in [3.63, 3.8) is 0 Å². The molecule has 7 nitrogen and oxygen atoms in total. The SMILES string of the molecule is CCCNc1cccc(NCc2cc(C)no2)c1[N+](=O)[O-]. The van der Waals surface area contributed by atoms with Crippen molar-refractivity contribution in [2.24, 2.45) is 0 Å². The van der Waals surface area contributed by atoms with E-state index >= 15 is 0 Å². The number of benzene rings is 1. The number of nitrogens with one attached hydrogen (secondary N) is 2. The van der Waals surface area contributed by atoms with Crippen molar-refractivity contribution < 1.29 is 9.45 Å². The van der Waals surface area contributed by atoms with E-state index in [9.17, 15) is 10.1 Å². The molecule has 1 heterocycles. The predicted octanol–water partition coefficient (Wildman–Crippen LogP) is 3.33. The Hall–Kier alpha value is -2.57. The Bertz CT molecular complexity index is 624. The average Bonchev–Trinajstić information content (AvgIpc) is 2.88. The molecule has 0 radical (unpaired) electrons. The first kappa shape index (κ1) is 14.8. The Morgan fingerprint density at radius 2 is 2.05 bits per heavy atom. The van der Waals surface area contributed by atoms with Gasteiger partial charge in [-0.2, -0.15) is 0 Å². The van der Waals surface area contributed by atoms with Gasteiger partial charge in [0.25, 0.3) is 0 Å². The van der Waals surface area contributed by atoms with Crippen LogP contribution in [0.4, 0.5) is 17.1 Å². The minimum absolute atomic E-state index is 0.0437. The third-order valence-electron chi connectivity index (χ3n) is 2.91. The molecule has 0 unspecified atom stereocenters. The van der Waals surface area contributed by atoms with E-state index in [4.69, 9.17) is 4.52 Å². The number of aryl methyl sites for hydroxylation is 1. The summed E-state index contributed by atoms with van der Waals surface area (Å²) in [6.07, 6.45) is 0.895. The first-order chi connectivity index (χ1) is 10.1. The van der Waals surface area contributed by atoms with Crippen LogP contribution < -0.4 is 10.6 Å². The third-order valence-corrected chi connectivity index (χ3v) is 2.91. The fourth-order valence-electron chi connectivity index (χ4n) is 1.97. The van der Waals surface area contributed by atoms with Crippen LogP contribution in [-0.4, -0.2) is 16.6 Å². The fourth-order valence-corrected chi connectivity index (χ4v) is 1.97. The maximum Gasteiger partial charge on any atom is 0.315 e. The van der Waals surface area contributed by atoms with Gasteiger partial charge in [0.1, 0.15) is 11.4 Å². The van der Waals surface area contributed by atoms with Gasteiger partial charge in [0.05, 0.1) is 17.2 Å². The van der Waals surface area contributed by atoms with Crippen LogP contribution >= 0.6 is 0 Å². The van der Waals surface area contributed by atoms with Crippen molar-refractivity contribution >= 4 is 17.1 Å². The minimum Gasteiger partial charge on any atom is -0.379 e. The second-order valence-corrected chi connectivity index (χ2v) is 4.67. The van der Waals surface area contributed by atoms with E-state index in [1.807, 2.05) is 13.8 Å². The van der Waals surface area contributed by atoms with Gasteiger partial charge in [0.15, 0.2) is 5.76 Å². The van der Waals surface area contributed by atoms with Crippen molar-refractivity contribution in [3.05, 3.63) is 45.8 Å². The summed E-state index contributed by atoms with van der Waals surface area (Å²) in [5.41, 5.74) is 1.79. The summed E-state index contributed by atoms with van der Waals surface area (Å²) >= 11 is 0. The molecule has 0 aliphatic heterocycles. The molecule has 0 aliphatic rings. The lowest BCUT2D eigenvalue weighted by atomic mass is 10.2. The summed E-state index contributed by atoms with van der Waals surface area (Å²) in [5.74, 6) is 0.633. The number of nitro benzene ring substituents is 1.